The molecule has 5 rings (SSSR count). The van der Waals surface area contributed by atoms with Crippen molar-refractivity contribution in [1.29, 1.82) is 0 Å². The highest BCUT2D eigenvalue weighted by Crippen LogP contribution is 2.48. The first-order valence-corrected chi connectivity index (χ1v) is 14.4. The highest BCUT2D eigenvalue weighted by atomic mass is 79.9. The largest absolute Gasteiger partial charge is 0.545 e. The summed E-state index contributed by atoms with van der Waals surface area (Å²) in [5.74, 6) is -1.53. The van der Waals surface area contributed by atoms with E-state index in [0.29, 0.717) is 29.3 Å². The Bertz CT molecular complexity index is 1380. The van der Waals surface area contributed by atoms with E-state index in [0.717, 1.165) is 23.7 Å². The van der Waals surface area contributed by atoms with Gasteiger partial charge in [-0.05, 0) is 58.8 Å². The number of hydrogen-bond donors (Lipinski definition) is 2. The average molecular weight is 602 g/mol. The molecule has 2 aliphatic rings. The van der Waals surface area contributed by atoms with Gasteiger partial charge in [0, 0.05) is 41.7 Å². The molecule has 2 fully saturated rings. The van der Waals surface area contributed by atoms with Crippen LogP contribution in [-0.4, -0.2) is 46.8 Å². The molecule has 2 aromatic heterocycles. The van der Waals surface area contributed by atoms with E-state index in [1.807, 2.05) is 6.92 Å². The second-order valence-electron chi connectivity index (χ2n) is 11.2. The number of fused-ring (bicyclic) bond motifs is 1. The maximum atomic E-state index is 13.3. The lowest BCUT2D eigenvalue weighted by Crippen LogP contribution is -2.58. The van der Waals surface area contributed by atoms with Gasteiger partial charge in [-0.1, -0.05) is 27.7 Å². The predicted molar refractivity (Wildman–Crippen MR) is 147 cm³/mol. The number of carboxylic acids is 1. The number of oxazole rings is 1. The van der Waals surface area contributed by atoms with Crippen LogP contribution in [-0.2, 0) is 15.9 Å². The number of H-pyrrole nitrogens is 1. The highest BCUT2D eigenvalue weighted by Gasteiger charge is 2.52. The number of aromatic carboxylic acids is 1. The molecule has 1 aromatic carbocycles. The average Bonchev–Trinajstić information content (AvgIpc) is 3.52. The number of aromatic nitrogens is 2. The van der Waals surface area contributed by atoms with E-state index in [1.165, 1.54) is 0 Å². The van der Waals surface area contributed by atoms with Crippen LogP contribution in [0.5, 0.6) is 0 Å². The van der Waals surface area contributed by atoms with Crippen molar-refractivity contribution >= 4 is 44.5 Å². The van der Waals surface area contributed by atoms with Crippen LogP contribution in [0.15, 0.2) is 33.3 Å². The number of hydrogen-bond acceptors (Lipinski definition) is 8. The number of nitrogens with zero attached hydrogens (tertiary/aromatic N) is 1. The number of rotatable bonds is 7. The van der Waals surface area contributed by atoms with E-state index in [2.05, 4.69) is 52.0 Å². The highest BCUT2D eigenvalue weighted by molar-refractivity contribution is 9.10. The number of ketones is 1. The molecule has 39 heavy (non-hydrogen) atoms. The van der Waals surface area contributed by atoms with E-state index in [-0.39, 0.29) is 52.7 Å². The number of halogens is 1. The fraction of sp³-hybridized carbons (Fsp3) is 0.552. The number of benzene rings is 1. The fourth-order valence-electron chi connectivity index (χ4n) is 6.29. The molecule has 10 heteroatoms. The van der Waals surface area contributed by atoms with E-state index < -0.39 is 11.8 Å². The molecular formula is C29H35BrN3O6-. The van der Waals surface area contributed by atoms with E-state index in [1.54, 1.807) is 31.4 Å². The monoisotopic (exact) mass is 600 g/mol. The normalized spacial score (nSPS) is 29.9. The van der Waals surface area contributed by atoms with Gasteiger partial charge < -0.3 is 34.1 Å². The van der Waals surface area contributed by atoms with Gasteiger partial charge in [0.15, 0.2) is 23.0 Å². The van der Waals surface area contributed by atoms with Crippen molar-refractivity contribution in [2.75, 3.05) is 12.4 Å². The Morgan fingerprint density at radius 3 is 2.69 bits per heavy atom. The van der Waals surface area contributed by atoms with Crippen molar-refractivity contribution < 1.29 is 28.6 Å². The smallest absolute Gasteiger partial charge is 0.198 e. The van der Waals surface area contributed by atoms with Crippen molar-refractivity contribution in [2.45, 2.75) is 71.4 Å². The summed E-state index contributed by atoms with van der Waals surface area (Å²) in [4.78, 5) is 32.7. The third-order valence-electron chi connectivity index (χ3n) is 8.58. The maximum absolute atomic E-state index is 13.3. The van der Waals surface area contributed by atoms with Gasteiger partial charge in [-0.25, -0.2) is 4.98 Å². The van der Waals surface area contributed by atoms with Gasteiger partial charge in [-0.2, -0.15) is 0 Å². The molecule has 0 amide bonds. The molecule has 0 saturated carbocycles. The summed E-state index contributed by atoms with van der Waals surface area (Å²) in [6, 6.07) is 5.14. The van der Waals surface area contributed by atoms with Crippen molar-refractivity contribution in [2.24, 2.45) is 23.7 Å². The first-order chi connectivity index (χ1) is 18.5. The molecule has 3 aromatic rings. The van der Waals surface area contributed by atoms with Gasteiger partial charge in [-0.15, -0.1) is 0 Å². The number of ether oxygens (including phenoxy) is 2. The van der Waals surface area contributed by atoms with Gasteiger partial charge in [-0.3, -0.25) is 4.79 Å². The Morgan fingerprint density at radius 1 is 1.26 bits per heavy atom. The summed E-state index contributed by atoms with van der Waals surface area (Å²) in [6.45, 7) is 8.35. The van der Waals surface area contributed by atoms with E-state index in [4.69, 9.17) is 13.9 Å². The predicted octanol–water partition coefficient (Wildman–Crippen LogP) is 4.96. The van der Waals surface area contributed by atoms with Crippen molar-refractivity contribution in [3.05, 3.63) is 46.0 Å². The first kappa shape index (κ1) is 27.9. The van der Waals surface area contributed by atoms with Crippen LogP contribution in [0.4, 0.5) is 5.69 Å². The van der Waals surface area contributed by atoms with Gasteiger partial charge in [0.25, 0.3) is 0 Å². The van der Waals surface area contributed by atoms with E-state index in [9.17, 15) is 14.7 Å². The summed E-state index contributed by atoms with van der Waals surface area (Å²) in [5, 5.41) is 14.7. The Labute approximate surface area is 236 Å². The van der Waals surface area contributed by atoms with Crippen LogP contribution < -0.4 is 10.4 Å². The lowest BCUT2D eigenvalue weighted by molar-refractivity contribution is -0.355. The zero-order chi connectivity index (χ0) is 28.1. The number of carboxylic acid groups (broad SMARTS) is 1. The van der Waals surface area contributed by atoms with Crippen LogP contribution in [0.2, 0.25) is 0 Å². The topological polar surface area (TPSA) is 130 Å². The number of aromatic amines is 1. The SMILES string of the molecule is CNc1ccc2oc(C[C@@H]3O[C@]4(CC[C@@H]3C)O[C@H]([C@@H](C)C(=O)c3cc(Br)c[nH]3)[C@H](C)C[C@H]4C)nc2c1C(=O)[O-]. The van der Waals surface area contributed by atoms with Crippen LogP contribution in [0.25, 0.3) is 11.1 Å². The first-order valence-electron chi connectivity index (χ1n) is 13.6. The molecule has 0 aliphatic carbocycles. The van der Waals surface area contributed by atoms with Crippen LogP contribution in [0.3, 0.4) is 0 Å². The van der Waals surface area contributed by atoms with Gasteiger partial charge in [0.2, 0.25) is 0 Å². The number of anilines is 1. The zero-order valence-electron chi connectivity index (χ0n) is 22.9. The molecule has 1 spiro atoms. The molecular weight excluding hydrogens is 566 g/mol. The van der Waals surface area contributed by atoms with Crippen molar-refractivity contribution in [3.8, 4) is 0 Å². The molecule has 0 unspecified atom stereocenters. The Balaban J connectivity index is 1.38. The molecule has 2 aliphatic heterocycles. The lowest BCUT2D eigenvalue weighted by Gasteiger charge is -2.53. The number of Topliss-reactive ketones (excluding diaryl/α,β-unsaturated/α-hetero) is 1. The van der Waals surface area contributed by atoms with Crippen LogP contribution >= 0.6 is 15.9 Å². The van der Waals surface area contributed by atoms with Crippen LogP contribution in [0, 0.1) is 23.7 Å². The fourth-order valence-corrected chi connectivity index (χ4v) is 6.63. The van der Waals surface area contributed by atoms with Crippen LogP contribution in [0.1, 0.15) is 73.7 Å². The van der Waals surface area contributed by atoms with Gasteiger partial charge in [0.1, 0.15) is 5.52 Å². The molecule has 7 atom stereocenters. The second kappa shape index (κ2) is 10.7. The number of carbonyl (C=O) groups is 2. The molecule has 2 saturated heterocycles. The Kier molecular flexibility index (Phi) is 7.65. The molecule has 4 heterocycles. The number of carbonyl (C=O) groups excluding carboxylic acids is 2. The zero-order valence-corrected chi connectivity index (χ0v) is 24.5. The third-order valence-corrected chi connectivity index (χ3v) is 9.04. The summed E-state index contributed by atoms with van der Waals surface area (Å²) in [6.07, 6.45) is 4.09. The van der Waals surface area contributed by atoms with Gasteiger partial charge >= 0.3 is 0 Å². The Hall–Kier alpha value is -2.69. The summed E-state index contributed by atoms with van der Waals surface area (Å²) < 4.78 is 20.4. The standard InChI is InChI=1S/C29H36BrN3O6/c1-14-8-9-29(16(3)10-15(2)27(39-29)17(4)26(34)20-11-18(30)13-32-20)38-22(14)12-23-33-25-21(37-23)7-6-19(31-5)24(25)28(35)36/h6-7,11,13-17,22,27,31-32H,8-10,12H2,1-5H3,(H,35,36)/p-1/t14-,15+,16+,17-,22-,27-,29+/m0/s1. The quantitative estimate of drug-likeness (QED) is 0.364. The molecule has 2 N–H and O–H groups in total. The second-order valence-corrected chi connectivity index (χ2v) is 12.2. The summed E-state index contributed by atoms with van der Waals surface area (Å²) in [5.41, 5.74) is 1.61. The maximum Gasteiger partial charge on any atom is 0.198 e. The minimum Gasteiger partial charge on any atom is -0.545 e. The van der Waals surface area contributed by atoms with Crippen molar-refractivity contribution in [1.82, 2.24) is 9.97 Å². The molecule has 0 radical (unpaired) electrons. The molecule has 210 valence electrons. The van der Waals surface area contributed by atoms with Crippen molar-refractivity contribution in [3.63, 3.8) is 0 Å². The lowest BCUT2D eigenvalue weighted by atomic mass is 9.75. The number of nitrogens with one attached hydrogen (secondary N) is 2. The summed E-state index contributed by atoms with van der Waals surface area (Å²) in [7, 11) is 1.65. The summed E-state index contributed by atoms with van der Waals surface area (Å²) >= 11 is 3.41. The molecule has 0 bridgehead atoms. The minimum absolute atomic E-state index is 0.0131. The molecule has 9 nitrogen and oxygen atoms in total. The minimum atomic E-state index is -1.31. The Morgan fingerprint density at radius 2 is 2.03 bits per heavy atom. The van der Waals surface area contributed by atoms with Gasteiger partial charge in [0.05, 0.1) is 35.9 Å². The van der Waals surface area contributed by atoms with E-state index >= 15 is 0 Å². The third kappa shape index (κ3) is 5.14.